The third kappa shape index (κ3) is 6.25. The van der Waals surface area contributed by atoms with Gasteiger partial charge in [-0.2, -0.15) is 21.6 Å². The van der Waals surface area contributed by atoms with E-state index in [1.165, 1.54) is 12.1 Å². The van der Waals surface area contributed by atoms with Gasteiger partial charge in [0.1, 0.15) is 5.92 Å². The van der Waals surface area contributed by atoms with Crippen molar-refractivity contribution in [3.8, 4) is 0 Å². The van der Waals surface area contributed by atoms with E-state index in [1.54, 1.807) is 19.1 Å². The summed E-state index contributed by atoms with van der Waals surface area (Å²) >= 11 is 0. The van der Waals surface area contributed by atoms with Crippen molar-refractivity contribution in [3.05, 3.63) is 29.8 Å². The Hall–Kier alpha value is -1.16. The molecule has 1 saturated heterocycles. The molecule has 1 aliphatic heterocycles. The van der Waals surface area contributed by atoms with Crippen molar-refractivity contribution in [2.24, 2.45) is 5.92 Å². The van der Waals surface area contributed by atoms with Crippen molar-refractivity contribution in [3.63, 3.8) is 0 Å². The van der Waals surface area contributed by atoms with Crippen molar-refractivity contribution in [2.75, 3.05) is 19.8 Å². The van der Waals surface area contributed by atoms with Gasteiger partial charge >= 0.3 is 6.18 Å². The van der Waals surface area contributed by atoms with Crippen LogP contribution in [-0.4, -0.2) is 40.7 Å². The van der Waals surface area contributed by atoms with Gasteiger partial charge in [-0.1, -0.05) is 17.7 Å². The first-order chi connectivity index (χ1) is 11.7. The Morgan fingerprint density at radius 3 is 2.44 bits per heavy atom. The standard InChI is InChI=1S/C16H21F3O5S/c1-12-5-7-14(8-6-12)25(20,21)24-11-13(16(17,18)19)10-23-15-4-2-3-9-22-15/h5-8,13,15H,2-4,9-11H2,1H3/t13-,15?/m0/s1. The van der Waals surface area contributed by atoms with Gasteiger partial charge in [0.05, 0.1) is 18.1 Å². The minimum Gasteiger partial charge on any atom is -0.353 e. The zero-order valence-corrected chi connectivity index (χ0v) is 14.6. The smallest absolute Gasteiger partial charge is 0.353 e. The lowest BCUT2D eigenvalue weighted by Crippen LogP contribution is -2.35. The summed E-state index contributed by atoms with van der Waals surface area (Å²) in [7, 11) is -4.26. The molecule has 0 amide bonds. The molecule has 1 fully saturated rings. The average Bonchev–Trinajstić information content (AvgIpc) is 2.55. The van der Waals surface area contributed by atoms with E-state index in [4.69, 9.17) is 9.47 Å². The van der Waals surface area contributed by atoms with E-state index >= 15 is 0 Å². The first-order valence-electron chi connectivity index (χ1n) is 7.94. The second-order valence-corrected chi connectivity index (χ2v) is 7.54. The van der Waals surface area contributed by atoms with E-state index in [2.05, 4.69) is 4.18 Å². The predicted molar refractivity (Wildman–Crippen MR) is 83.4 cm³/mol. The summed E-state index contributed by atoms with van der Waals surface area (Å²) < 4.78 is 78.4. The molecule has 25 heavy (non-hydrogen) atoms. The van der Waals surface area contributed by atoms with Crippen LogP contribution >= 0.6 is 0 Å². The quantitative estimate of drug-likeness (QED) is 0.676. The largest absolute Gasteiger partial charge is 0.396 e. The van der Waals surface area contributed by atoms with Gasteiger partial charge in [-0.25, -0.2) is 0 Å². The SMILES string of the molecule is Cc1ccc(S(=O)(=O)OC[C@H](COC2CCCCO2)C(F)(F)F)cc1. The molecule has 0 N–H and O–H groups in total. The van der Waals surface area contributed by atoms with Crippen molar-refractivity contribution in [2.45, 2.75) is 43.5 Å². The Morgan fingerprint density at radius 2 is 1.88 bits per heavy atom. The Morgan fingerprint density at radius 1 is 1.20 bits per heavy atom. The van der Waals surface area contributed by atoms with Gasteiger partial charge in [-0.3, -0.25) is 4.18 Å². The summed E-state index contributed by atoms with van der Waals surface area (Å²) in [4.78, 5) is -0.185. The van der Waals surface area contributed by atoms with Crippen molar-refractivity contribution in [1.82, 2.24) is 0 Å². The molecule has 1 aromatic rings. The van der Waals surface area contributed by atoms with Crippen LogP contribution in [0.15, 0.2) is 29.2 Å². The summed E-state index contributed by atoms with van der Waals surface area (Å²) in [5, 5.41) is 0. The lowest BCUT2D eigenvalue weighted by Gasteiger charge is -2.26. The zero-order chi connectivity index (χ0) is 18.5. The van der Waals surface area contributed by atoms with Crippen molar-refractivity contribution >= 4 is 10.1 Å². The van der Waals surface area contributed by atoms with E-state index in [1.807, 2.05) is 0 Å². The van der Waals surface area contributed by atoms with Crippen molar-refractivity contribution in [1.29, 1.82) is 0 Å². The maximum absolute atomic E-state index is 13.1. The monoisotopic (exact) mass is 382 g/mol. The molecule has 0 saturated carbocycles. The van der Waals surface area contributed by atoms with Crippen LogP contribution in [0.4, 0.5) is 13.2 Å². The molecule has 142 valence electrons. The minimum atomic E-state index is -4.64. The molecule has 1 aromatic carbocycles. The first kappa shape index (κ1) is 20.2. The zero-order valence-electron chi connectivity index (χ0n) is 13.8. The summed E-state index contributed by atoms with van der Waals surface area (Å²) in [6, 6.07) is 5.67. The Labute approximate surface area is 145 Å². The van der Waals surface area contributed by atoms with Crippen LogP contribution < -0.4 is 0 Å². The lowest BCUT2D eigenvalue weighted by atomic mass is 10.1. The number of alkyl halides is 3. The predicted octanol–water partition coefficient (Wildman–Crippen LogP) is 3.42. The molecule has 0 aliphatic carbocycles. The fourth-order valence-electron chi connectivity index (χ4n) is 2.25. The normalized spacial score (nSPS) is 20.4. The summed E-state index contributed by atoms with van der Waals surface area (Å²) in [6.07, 6.45) is -3.14. The maximum Gasteiger partial charge on any atom is 0.396 e. The van der Waals surface area contributed by atoms with E-state index in [9.17, 15) is 21.6 Å². The van der Waals surface area contributed by atoms with Gasteiger partial charge in [-0.05, 0) is 38.3 Å². The van der Waals surface area contributed by atoms with Gasteiger partial charge in [0, 0.05) is 6.61 Å². The number of halogens is 3. The van der Waals surface area contributed by atoms with Crippen LogP contribution in [0.1, 0.15) is 24.8 Å². The highest BCUT2D eigenvalue weighted by Crippen LogP contribution is 2.29. The lowest BCUT2D eigenvalue weighted by molar-refractivity contribution is -0.226. The van der Waals surface area contributed by atoms with E-state index in [0.717, 1.165) is 18.4 Å². The molecular formula is C16H21F3O5S. The van der Waals surface area contributed by atoms with E-state index in [0.29, 0.717) is 13.0 Å². The Balaban J connectivity index is 1.95. The van der Waals surface area contributed by atoms with Crippen LogP contribution in [0.2, 0.25) is 0 Å². The highest BCUT2D eigenvalue weighted by atomic mass is 32.2. The number of hydrogen-bond donors (Lipinski definition) is 0. The van der Waals surface area contributed by atoms with Crippen LogP contribution in [0.5, 0.6) is 0 Å². The molecule has 0 spiro atoms. The Bertz CT molecular complexity index is 637. The molecule has 2 rings (SSSR count). The topological polar surface area (TPSA) is 61.8 Å². The summed E-state index contributed by atoms with van der Waals surface area (Å²) in [5.41, 5.74) is 0.827. The second kappa shape index (κ2) is 8.48. The van der Waals surface area contributed by atoms with Crippen LogP contribution in [0, 0.1) is 12.8 Å². The molecule has 2 atom stereocenters. The summed E-state index contributed by atoms with van der Waals surface area (Å²) in [6.45, 7) is 0.464. The Kier molecular flexibility index (Phi) is 6.84. The molecule has 1 heterocycles. The van der Waals surface area contributed by atoms with Crippen LogP contribution in [-0.2, 0) is 23.8 Å². The molecule has 5 nitrogen and oxygen atoms in total. The fourth-order valence-corrected chi connectivity index (χ4v) is 3.20. The highest BCUT2D eigenvalue weighted by molar-refractivity contribution is 7.86. The van der Waals surface area contributed by atoms with Crippen molar-refractivity contribution < 1.29 is 35.2 Å². The van der Waals surface area contributed by atoms with Gasteiger partial charge in [0.15, 0.2) is 6.29 Å². The molecular weight excluding hydrogens is 361 g/mol. The van der Waals surface area contributed by atoms with Gasteiger partial charge in [-0.15, -0.1) is 0 Å². The van der Waals surface area contributed by atoms with E-state index in [-0.39, 0.29) is 4.90 Å². The van der Waals surface area contributed by atoms with Crippen LogP contribution in [0.25, 0.3) is 0 Å². The third-order valence-electron chi connectivity index (χ3n) is 3.82. The number of ether oxygens (including phenoxy) is 2. The van der Waals surface area contributed by atoms with Gasteiger partial charge < -0.3 is 9.47 Å². The maximum atomic E-state index is 13.1. The first-order valence-corrected chi connectivity index (χ1v) is 9.35. The molecule has 1 unspecified atom stereocenters. The molecule has 0 bridgehead atoms. The fraction of sp³-hybridized carbons (Fsp3) is 0.625. The molecule has 1 aliphatic rings. The summed E-state index contributed by atoms with van der Waals surface area (Å²) in [5.74, 6) is -2.06. The second-order valence-electron chi connectivity index (χ2n) is 5.92. The van der Waals surface area contributed by atoms with E-state index < -0.39 is 41.7 Å². The molecule has 0 aromatic heterocycles. The molecule has 0 radical (unpaired) electrons. The minimum absolute atomic E-state index is 0.185. The number of aryl methyl sites for hydroxylation is 1. The highest BCUT2D eigenvalue weighted by Gasteiger charge is 2.41. The van der Waals surface area contributed by atoms with Gasteiger partial charge in [0.25, 0.3) is 10.1 Å². The number of benzene rings is 1. The van der Waals surface area contributed by atoms with Gasteiger partial charge in [0.2, 0.25) is 0 Å². The number of rotatable bonds is 7. The third-order valence-corrected chi connectivity index (χ3v) is 5.11. The molecule has 9 heteroatoms. The average molecular weight is 382 g/mol. The number of hydrogen-bond acceptors (Lipinski definition) is 5. The van der Waals surface area contributed by atoms with Crippen LogP contribution in [0.3, 0.4) is 0 Å².